The van der Waals surface area contributed by atoms with Gasteiger partial charge in [-0.1, -0.05) is 41.9 Å². The van der Waals surface area contributed by atoms with Crippen molar-refractivity contribution in [2.75, 3.05) is 4.90 Å². The Morgan fingerprint density at radius 2 is 1.93 bits per heavy atom. The van der Waals surface area contributed by atoms with Gasteiger partial charge in [0.05, 0.1) is 30.5 Å². The van der Waals surface area contributed by atoms with E-state index in [9.17, 15) is 14.7 Å². The third-order valence-electron chi connectivity index (χ3n) is 5.32. The number of carbonyl (C=O) groups is 2. The largest absolute Gasteiger partial charge is 0.469 e. The number of furan rings is 1. The van der Waals surface area contributed by atoms with Gasteiger partial charge in [0.25, 0.3) is 5.91 Å². The summed E-state index contributed by atoms with van der Waals surface area (Å²) in [7, 11) is 0. The molecule has 0 saturated heterocycles. The summed E-state index contributed by atoms with van der Waals surface area (Å²) in [5.41, 5.74) is 1.02. The molecule has 148 valence electrons. The number of aryl methyl sites for hydroxylation is 2. The van der Waals surface area contributed by atoms with Crippen molar-refractivity contribution >= 4 is 29.0 Å². The molecule has 0 aliphatic carbocycles. The van der Waals surface area contributed by atoms with Crippen LogP contribution in [-0.2, 0) is 16.9 Å². The summed E-state index contributed by atoms with van der Waals surface area (Å²) in [6.07, 6.45) is 1.15. The van der Waals surface area contributed by atoms with Gasteiger partial charge in [0, 0.05) is 10.6 Å². The molecule has 1 aliphatic rings. The second kappa shape index (κ2) is 7.17. The number of para-hydroxylation sites is 1. The standard InChI is InChI=1S/C23H20ClNO4/c1-14-13-29-15(2)21(14)20(26)11-23(28)18-8-3-4-9-19(18)25(22(23)27)12-16-6-5-7-17(24)10-16/h3-10,13,28H,11-12H2,1-2H3. The minimum atomic E-state index is -1.93. The molecule has 2 aromatic carbocycles. The van der Waals surface area contributed by atoms with E-state index in [1.807, 2.05) is 12.1 Å². The lowest BCUT2D eigenvalue weighted by atomic mass is 9.87. The number of hydrogen-bond acceptors (Lipinski definition) is 4. The zero-order chi connectivity index (χ0) is 20.8. The molecule has 5 nitrogen and oxygen atoms in total. The van der Waals surface area contributed by atoms with Crippen LogP contribution in [-0.4, -0.2) is 16.8 Å². The molecule has 1 amide bonds. The van der Waals surface area contributed by atoms with Crippen molar-refractivity contribution in [2.24, 2.45) is 0 Å². The summed E-state index contributed by atoms with van der Waals surface area (Å²) in [6.45, 7) is 3.71. The number of halogens is 1. The molecule has 1 atom stereocenters. The number of aliphatic hydroxyl groups is 1. The molecule has 3 aromatic rings. The molecule has 0 spiro atoms. The Morgan fingerprint density at radius 1 is 1.17 bits per heavy atom. The van der Waals surface area contributed by atoms with Crippen LogP contribution in [0.1, 0.15) is 39.2 Å². The van der Waals surface area contributed by atoms with Crippen LogP contribution >= 0.6 is 11.6 Å². The van der Waals surface area contributed by atoms with Gasteiger partial charge in [0.15, 0.2) is 11.4 Å². The number of anilines is 1. The van der Waals surface area contributed by atoms with E-state index >= 15 is 0 Å². The number of fused-ring (bicyclic) bond motifs is 1. The maximum absolute atomic E-state index is 13.3. The average molecular weight is 410 g/mol. The second-order valence-corrected chi connectivity index (χ2v) is 7.78. The maximum Gasteiger partial charge on any atom is 0.264 e. The van der Waals surface area contributed by atoms with Gasteiger partial charge < -0.3 is 14.4 Å². The summed E-state index contributed by atoms with van der Waals surface area (Å²) < 4.78 is 5.31. The minimum absolute atomic E-state index is 0.247. The lowest BCUT2D eigenvalue weighted by Crippen LogP contribution is -2.41. The van der Waals surface area contributed by atoms with Crippen molar-refractivity contribution < 1.29 is 19.1 Å². The molecule has 1 unspecified atom stereocenters. The lowest BCUT2D eigenvalue weighted by molar-refractivity contribution is -0.136. The number of ketones is 1. The van der Waals surface area contributed by atoms with Gasteiger partial charge in [-0.25, -0.2) is 0 Å². The maximum atomic E-state index is 13.3. The fourth-order valence-electron chi connectivity index (χ4n) is 3.96. The Kier molecular flexibility index (Phi) is 4.81. The first-order chi connectivity index (χ1) is 13.8. The van der Waals surface area contributed by atoms with Crippen LogP contribution in [0.2, 0.25) is 5.02 Å². The Hall–Kier alpha value is -2.89. The topological polar surface area (TPSA) is 70.7 Å². The number of benzene rings is 2. The van der Waals surface area contributed by atoms with E-state index in [4.69, 9.17) is 16.0 Å². The monoisotopic (exact) mass is 409 g/mol. The number of nitrogens with zero attached hydrogens (tertiary/aromatic N) is 1. The number of amides is 1. The van der Waals surface area contributed by atoms with Gasteiger partial charge in [0.2, 0.25) is 0 Å². The zero-order valence-electron chi connectivity index (χ0n) is 16.1. The van der Waals surface area contributed by atoms with E-state index in [-0.39, 0.29) is 18.7 Å². The van der Waals surface area contributed by atoms with Crippen LogP contribution in [0.4, 0.5) is 5.69 Å². The highest BCUT2D eigenvalue weighted by Gasteiger charge is 2.51. The molecule has 1 N–H and O–H groups in total. The molecule has 0 saturated carbocycles. The molecule has 0 radical (unpaired) electrons. The van der Waals surface area contributed by atoms with E-state index in [1.165, 1.54) is 11.2 Å². The number of Topliss-reactive ketones (excluding diaryl/α,β-unsaturated/α-hetero) is 1. The molecular weight excluding hydrogens is 390 g/mol. The van der Waals surface area contributed by atoms with Crippen LogP contribution < -0.4 is 4.90 Å². The molecule has 1 aliphatic heterocycles. The van der Waals surface area contributed by atoms with Crippen LogP contribution in [0.25, 0.3) is 0 Å². The van der Waals surface area contributed by atoms with Crippen LogP contribution in [0.5, 0.6) is 0 Å². The van der Waals surface area contributed by atoms with Crippen molar-refractivity contribution in [3.8, 4) is 0 Å². The highest BCUT2D eigenvalue weighted by atomic mass is 35.5. The molecule has 2 heterocycles. The Labute approximate surface area is 173 Å². The summed E-state index contributed by atoms with van der Waals surface area (Å²) in [5, 5.41) is 12.0. The number of rotatable bonds is 5. The van der Waals surface area contributed by atoms with E-state index in [2.05, 4.69) is 0 Å². The highest BCUT2D eigenvalue weighted by molar-refractivity contribution is 6.30. The van der Waals surface area contributed by atoms with Gasteiger partial charge >= 0.3 is 0 Å². The predicted molar refractivity (Wildman–Crippen MR) is 110 cm³/mol. The van der Waals surface area contributed by atoms with Gasteiger partial charge in [-0.05, 0) is 43.2 Å². The molecule has 1 aromatic heterocycles. The van der Waals surface area contributed by atoms with Crippen molar-refractivity contribution in [1.29, 1.82) is 0 Å². The Morgan fingerprint density at radius 3 is 2.62 bits per heavy atom. The summed E-state index contributed by atoms with van der Waals surface area (Å²) >= 11 is 6.07. The zero-order valence-corrected chi connectivity index (χ0v) is 16.9. The number of hydrogen-bond donors (Lipinski definition) is 1. The average Bonchev–Trinajstić information content (AvgIpc) is 3.12. The summed E-state index contributed by atoms with van der Waals surface area (Å²) in [4.78, 5) is 27.8. The van der Waals surface area contributed by atoms with E-state index in [1.54, 1.807) is 50.2 Å². The molecular formula is C23H20ClNO4. The third-order valence-corrected chi connectivity index (χ3v) is 5.56. The quantitative estimate of drug-likeness (QED) is 0.627. The number of carbonyl (C=O) groups excluding carboxylic acids is 2. The molecule has 0 fully saturated rings. The summed E-state index contributed by atoms with van der Waals surface area (Å²) in [6, 6.07) is 14.2. The van der Waals surface area contributed by atoms with Crippen molar-refractivity contribution in [3.05, 3.63) is 87.8 Å². The Balaban J connectivity index is 1.71. The molecule has 0 bridgehead atoms. The predicted octanol–water partition coefficient (Wildman–Crippen LogP) is 4.56. The van der Waals surface area contributed by atoms with Crippen molar-refractivity contribution in [2.45, 2.75) is 32.4 Å². The van der Waals surface area contributed by atoms with Gasteiger partial charge in [-0.15, -0.1) is 0 Å². The van der Waals surface area contributed by atoms with Crippen LogP contribution in [0.3, 0.4) is 0 Å². The smallest absolute Gasteiger partial charge is 0.264 e. The van der Waals surface area contributed by atoms with E-state index < -0.39 is 11.5 Å². The molecule has 29 heavy (non-hydrogen) atoms. The van der Waals surface area contributed by atoms with Gasteiger partial charge in [-0.2, -0.15) is 0 Å². The fraction of sp³-hybridized carbons (Fsp3) is 0.217. The SMILES string of the molecule is Cc1coc(C)c1C(=O)CC1(O)C(=O)N(Cc2cccc(Cl)c2)c2ccccc21. The van der Waals surface area contributed by atoms with E-state index in [0.717, 1.165) is 5.56 Å². The van der Waals surface area contributed by atoms with Crippen LogP contribution in [0, 0.1) is 13.8 Å². The molecule has 4 rings (SSSR count). The van der Waals surface area contributed by atoms with Crippen molar-refractivity contribution in [1.82, 2.24) is 0 Å². The van der Waals surface area contributed by atoms with Crippen LogP contribution in [0.15, 0.2) is 59.2 Å². The summed E-state index contributed by atoms with van der Waals surface area (Å²) in [5.74, 6) is -0.375. The highest BCUT2D eigenvalue weighted by Crippen LogP contribution is 2.43. The first-order valence-corrected chi connectivity index (χ1v) is 9.65. The van der Waals surface area contributed by atoms with Crippen molar-refractivity contribution in [3.63, 3.8) is 0 Å². The minimum Gasteiger partial charge on any atom is -0.469 e. The second-order valence-electron chi connectivity index (χ2n) is 7.35. The lowest BCUT2D eigenvalue weighted by Gasteiger charge is -2.23. The molecule has 6 heteroatoms. The van der Waals surface area contributed by atoms with Gasteiger partial charge in [0.1, 0.15) is 5.76 Å². The normalized spacial score (nSPS) is 18.2. The van der Waals surface area contributed by atoms with Gasteiger partial charge in [-0.3, -0.25) is 9.59 Å². The fourth-order valence-corrected chi connectivity index (χ4v) is 4.17. The first kappa shape index (κ1) is 19.4. The van der Waals surface area contributed by atoms with E-state index in [0.29, 0.717) is 33.2 Å². The first-order valence-electron chi connectivity index (χ1n) is 9.27. The Bertz CT molecular complexity index is 1100. The third kappa shape index (κ3) is 3.26.